The van der Waals surface area contributed by atoms with Crippen molar-refractivity contribution in [3.8, 4) is 0 Å². The van der Waals surface area contributed by atoms with Crippen molar-refractivity contribution >= 4 is 46.4 Å². The van der Waals surface area contributed by atoms with Crippen LogP contribution in [-0.2, 0) is 19.9 Å². The fourth-order valence-corrected chi connectivity index (χ4v) is 6.59. The zero-order valence-corrected chi connectivity index (χ0v) is 18.3. The van der Waals surface area contributed by atoms with E-state index in [2.05, 4.69) is 5.32 Å². The zero-order valence-electron chi connectivity index (χ0n) is 17.6. The third-order valence-electron chi connectivity index (χ3n) is 7.59. The van der Waals surface area contributed by atoms with Gasteiger partial charge in [-0.15, -0.1) is 0 Å². The molecule has 10 heteroatoms. The Hall–Kier alpha value is -3.30. The van der Waals surface area contributed by atoms with Gasteiger partial charge in [-0.1, -0.05) is 11.6 Å². The summed E-state index contributed by atoms with van der Waals surface area (Å²) >= 11 is 6.29. The maximum absolute atomic E-state index is 13.9. The standard InChI is InChI=1S/C23H19ClN4O5/c1-11-9-13(28(32)33)5-7-16(11)27-20(29)18-17-3-2-8-26(17)23(19(18)21(27)30)14-10-12(24)4-6-15(14)25-22(23)31/h4-7,9-10,17-19H,2-3,8H2,1H3,(H,25,31)/t17-,18+,19+,23-/m0/s1. The van der Waals surface area contributed by atoms with E-state index >= 15 is 0 Å². The molecule has 2 aromatic rings. The summed E-state index contributed by atoms with van der Waals surface area (Å²) in [6.45, 7) is 2.24. The second-order valence-electron chi connectivity index (χ2n) is 9.06. The second kappa shape index (κ2) is 6.61. The average Bonchev–Trinajstić information content (AvgIpc) is 3.47. The Kier molecular flexibility index (Phi) is 4.07. The van der Waals surface area contributed by atoms with Crippen LogP contribution < -0.4 is 10.2 Å². The number of rotatable bonds is 2. The molecule has 168 valence electrons. The number of carbonyl (C=O) groups excluding carboxylic acids is 3. The van der Waals surface area contributed by atoms with Crippen molar-refractivity contribution in [3.63, 3.8) is 0 Å². The summed E-state index contributed by atoms with van der Waals surface area (Å²) in [5.41, 5.74) is 0.566. The van der Waals surface area contributed by atoms with Crippen LogP contribution in [0.5, 0.6) is 0 Å². The van der Waals surface area contributed by atoms with E-state index in [-0.39, 0.29) is 23.5 Å². The van der Waals surface area contributed by atoms with Crippen molar-refractivity contribution in [1.29, 1.82) is 0 Å². The summed E-state index contributed by atoms with van der Waals surface area (Å²) in [7, 11) is 0. The summed E-state index contributed by atoms with van der Waals surface area (Å²) in [6, 6.07) is 8.94. The lowest BCUT2D eigenvalue weighted by molar-refractivity contribution is -0.384. The third-order valence-corrected chi connectivity index (χ3v) is 7.82. The Morgan fingerprint density at radius 1 is 1.15 bits per heavy atom. The number of amides is 3. The molecule has 0 radical (unpaired) electrons. The van der Waals surface area contributed by atoms with Gasteiger partial charge in [0, 0.05) is 34.4 Å². The van der Waals surface area contributed by atoms with Crippen molar-refractivity contribution in [2.45, 2.75) is 31.3 Å². The lowest BCUT2D eigenvalue weighted by Gasteiger charge is -2.36. The van der Waals surface area contributed by atoms with Gasteiger partial charge in [-0.2, -0.15) is 0 Å². The number of hydrogen-bond acceptors (Lipinski definition) is 6. The molecule has 0 unspecified atom stereocenters. The number of anilines is 2. The monoisotopic (exact) mass is 466 g/mol. The molecule has 0 bridgehead atoms. The minimum atomic E-state index is -1.30. The molecule has 0 aromatic heterocycles. The number of nitro groups is 1. The van der Waals surface area contributed by atoms with E-state index in [1.54, 1.807) is 25.1 Å². The molecule has 4 heterocycles. The fraction of sp³-hybridized carbons (Fsp3) is 0.348. The first-order valence-electron chi connectivity index (χ1n) is 10.8. The summed E-state index contributed by atoms with van der Waals surface area (Å²) in [5, 5.41) is 14.5. The molecule has 4 aliphatic rings. The fourth-order valence-electron chi connectivity index (χ4n) is 6.42. The largest absolute Gasteiger partial charge is 0.324 e. The number of non-ortho nitro benzene ring substituents is 1. The smallest absolute Gasteiger partial charge is 0.269 e. The van der Waals surface area contributed by atoms with Gasteiger partial charge in [-0.25, -0.2) is 4.90 Å². The molecule has 6 rings (SSSR count). The third kappa shape index (κ3) is 2.38. The topological polar surface area (TPSA) is 113 Å². The highest BCUT2D eigenvalue weighted by molar-refractivity contribution is 6.31. The van der Waals surface area contributed by atoms with Gasteiger partial charge in [0.15, 0.2) is 0 Å². The Balaban J connectivity index is 1.53. The molecule has 0 aliphatic carbocycles. The molecular weight excluding hydrogens is 448 g/mol. The second-order valence-corrected chi connectivity index (χ2v) is 9.49. The van der Waals surface area contributed by atoms with Crippen LogP contribution in [0.2, 0.25) is 5.02 Å². The SMILES string of the molecule is Cc1cc([N+](=O)[O-])ccc1N1C(=O)[C@@H]2[C@@H]3CCCN3[C@]3(C(=O)Nc4ccc(Cl)cc43)[C@H]2C1=O. The normalized spacial score (nSPS) is 30.1. The first-order chi connectivity index (χ1) is 15.8. The van der Waals surface area contributed by atoms with Gasteiger partial charge in [0.2, 0.25) is 17.7 Å². The van der Waals surface area contributed by atoms with Crippen LogP contribution in [0.25, 0.3) is 0 Å². The molecule has 3 amide bonds. The predicted molar refractivity (Wildman–Crippen MR) is 119 cm³/mol. The highest BCUT2D eigenvalue weighted by Crippen LogP contribution is 2.61. The quantitative estimate of drug-likeness (QED) is 0.413. The summed E-state index contributed by atoms with van der Waals surface area (Å²) in [6.07, 6.45) is 1.52. The Bertz CT molecular complexity index is 1300. The molecule has 9 nitrogen and oxygen atoms in total. The van der Waals surface area contributed by atoms with Crippen LogP contribution in [-0.4, -0.2) is 40.1 Å². The molecule has 3 fully saturated rings. The van der Waals surface area contributed by atoms with Crippen LogP contribution in [0.3, 0.4) is 0 Å². The van der Waals surface area contributed by atoms with Gasteiger partial charge in [0.25, 0.3) is 5.69 Å². The number of benzene rings is 2. The molecule has 4 atom stereocenters. The zero-order chi connectivity index (χ0) is 23.2. The Morgan fingerprint density at radius 3 is 2.67 bits per heavy atom. The Labute approximate surface area is 193 Å². The van der Waals surface area contributed by atoms with E-state index in [1.807, 2.05) is 4.90 Å². The van der Waals surface area contributed by atoms with Gasteiger partial charge in [-0.3, -0.25) is 29.4 Å². The van der Waals surface area contributed by atoms with Crippen LogP contribution in [0.15, 0.2) is 36.4 Å². The number of nitrogens with one attached hydrogen (secondary N) is 1. The first-order valence-corrected chi connectivity index (χ1v) is 11.2. The molecule has 2 aromatic carbocycles. The van der Waals surface area contributed by atoms with Gasteiger partial charge < -0.3 is 5.32 Å². The van der Waals surface area contributed by atoms with Crippen molar-refractivity contribution < 1.29 is 19.3 Å². The van der Waals surface area contributed by atoms with E-state index in [9.17, 15) is 24.5 Å². The molecule has 33 heavy (non-hydrogen) atoms. The summed E-state index contributed by atoms with van der Waals surface area (Å²) in [5.74, 6) is -2.71. The van der Waals surface area contributed by atoms with Crippen LogP contribution >= 0.6 is 11.6 Å². The van der Waals surface area contributed by atoms with Gasteiger partial charge in [-0.05, 0) is 56.1 Å². The number of hydrogen-bond donors (Lipinski definition) is 1. The van der Waals surface area contributed by atoms with Gasteiger partial charge in [0.1, 0.15) is 5.54 Å². The predicted octanol–water partition coefficient (Wildman–Crippen LogP) is 2.99. The van der Waals surface area contributed by atoms with Crippen molar-refractivity contribution in [1.82, 2.24) is 4.90 Å². The van der Waals surface area contributed by atoms with Crippen molar-refractivity contribution in [2.24, 2.45) is 11.8 Å². The molecule has 1 N–H and O–H groups in total. The minimum Gasteiger partial charge on any atom is -0.324 e. The van der Waals surface area contributed by atoms with Crippen molar-refractivity contribution in [2.75, 3.05) is 16.8 Å². The molecule has 4 aliphatic heterocycles. The lowest BCUT2D eigenvalue weighted by atomic mass is 9.75. The number of nitro benzene ring substituents is 1. The molecule has 0 saturated carbocycles. The maximum atomic E-state index is 13.9. The lowest BCUT2D eigenvalue weighted by Crippen LogP contribution is -2.54. The number of imide groups is 1. The Morgan fingerprint density at radius 2 is 1.94 bits per heavy atom. The van der Waals surface area contributed by atoms with Gasteiger partial charge in [0.05, 0.1) is 22.4 Å². The number of nitrogens with zero attached hydrogens (tertiary/aromatic N) is 3. The van der Waals surface area contributed by atoms with E-state index in [4.69, 9.17) is 11.6 Å². The van der Waals surface area contributed by atoms with E-state index in [1.165, 1.54) is 18.2 Å². The van der Waals surface area contributed by atoms with Crippen molar-refractivity contribution in [3.05, 3.63) is 62.7 Å². The average molecular weight is 467 g/mol. The highest BCUT2D eigenvalue weighted by Gasteiger charge is 2.74. The summed E-state index contributed by atoms with van der Waals surface area (Å²) in [4.78, 5) is 55.0. The molecule has 3 saturated heterocycles. The van der Waals surface area contributed by atoms with E-state index in [0.29, 0.717) is 40.5 Å². The first kappa shape index (κ1) is 20.3. The number of halogens is 1. The number of aryl methyl sites for hydroxylation is 1. The molecule has 1 spiro atoms. The highest BCUT2D eigenvalue weighted by atomic mass is 35.5. The van der Waals surface area contributed by atoms with Crippen LogP contribution in [0.1, 0.15) is 24.0 Å². The van der Waals surface area contributed by atoms with E-state index in [0.717, 1.165) is 11.3 Å². The molecular formula is C23H19ClN4O5. The maximum Gasteiger partial charge on any atom is 0.269 e. The van der Waals surface area contributed by atoms with E-state index < -0.39 is 28.2 Å². The van der Waals surface area contributed by atoms with Crippen LogP contribution in [0.4, 0.5) is 17.1 Å². The number of carbonyl (C=O) groups is 3. The van der Waals surface area contributed by atoms with Crippen LogP contribution in [0, 0.1) is 28.9 Å². The minimum absolute atomic E-state index is 0.118. The summed E-state index contributed by atoms with van der Waals surface area (Å²) < 4.78 is 0. The van der Waals surface area contributed by atoms with Gasteiger partial charge >= 0.3 is 0 Å². The number of fused-ring (bicyclic) bond motifs is 7.